The lowest BCUT2D eigenvalue weighted by atomic mass is 10.00. The van der Waals surface area contributed by atoms with Crippen molar-refractivity contribution >= 4 is 10.2 Å². The number of piperidine rings is 1. The lowest BCUT2D eigenvalue weighted by molar-refractivity contribution is 0.259. The van der Waals surface area contributed by atoms with Crippen LogP contribution in [-0.4, -0.2) is 44.9 Å². The summed E-state index contributed by atoms with van der Waals surface area (Å²) in [4.78, 5) is 0. The van der Waals surface area contributed by atoms with Crippen LogP contribution >= 0.6 is 0 Å². The molecule has 2 N–H and O–H groups in total. The normalized spacial score (nSPS) is 29.2. The summed E-state index contributed by atoms with van der Waals surface area (Å²) in [5.41, 5.74) is -0.172. The van der Waals surface area contributed by atoms with Gasteiger partial charge in [-0.3, -0.25) is 0 Å². The average molecular weight is 261 g/mol. The molecule has 0 amide bonds. The van der Waals surface area contributed by atoms with Crippen molar-refractivity contribution in [3.63, 3.8) is 0 Å². The third kappa shape index (κ3) is 3.40. The van der Waals surface area contributed by atoms with E-state index in [1.54, 1.807) is 4.31 Å². The Kier molecular flexibility index (Phi) is 3.77. The molecule has 1 saturated carbocycles. The maximum atomic E-state index is 12.2. The first kappa shape index (κ1) is 13.3. The molecule has 2 rings (SSSR count). The summed E-state index contributed by atoms with van der Waals surface area (Å²) in [7, 11) is -1.36. The first-order valence-electron chi connectivity index (χ1n) is 6.39. The third-order valence-electron chi connectivity index (χ3n) is 3.69. The minimum absolute atomic E-state index is 0.172. The van der Waals surface area contributed by atoms with Gasteiger partial charge in [0.2, 0.25) is 0 Å². The van der Waals surface area contributed by atoms with Crippen molar-refractivity contribution in [3.05, 3.63) is 0 Å². The summed E-state index contributed by atoms with van der Waals surface area (Å²) in [5, 5.41) is 3.13. The van der Waals surface area contributed by atoms with Gasteiger partial charge in [0, 0.05) is 18.6 Å². The van der Waals surface area contributed by atoms with E-state index in [0.717, 1.165) is 32.2 Å². The molecule has 6 heteroatoms. The van der Waals surface area contributed by atoms with Gasteiger partial charge in [-0.05, 0) is 52.1 Å². The van der Waals surface area contributed by atoms with E-state index in [9.17, 15) is 8.42 Å². The maximum absolute atomic E-state index is 12.2. The second-order valence-electron chi connectivity index (χ2n) is 5.59. The van der Waals surface area contributed by atoms with Gasteiger partial charge < -0.3 is 5.32 Å². The fraction of sp³-hybridized carbons (Fsp3) is 1.00. The number of nitrogens with zero attached hydrogens (tertiary/aromatic N) is 1. The SMILES string of the molecule is CNCC1CCCN(S(=O)(=O)NC2(C)CC2)C1. The molecule has 0 aromatic heterocycles. The molecule has 0 aromatic rings. The van der Waals surface area contributed by atoms with Crippen LogP contribution in [0.4, 0.5) is 0 Å². The van der Waals surface area contributed by atoms with Gasteiger partial charge in [-0.15, -0.1) is 0 Å². The molecular formula is C11H23N3O2S. The Labute approximate surface area is 104 Å². The monoisotopic (exact) mass is 261 g/mol. The topological polar surface area (TPSA) is 61.4 Å². The number of rotatable bonds is 5. The largest absolute Gasteiger partial charge is 0.319 e. The van der Waals surface area contributed by atoms with E-state index in [-0.39, 0.29) is 5.54 Å². The predicted molar refractivity (Wildman–Crippen MR) is 67.9 cm³/mol. The number of nitrogens with one attached hydrogen (secondary N) is 2. The van der Waals surface area contributed by atoms with Crippen LogP contribution in [0.15, 0.2) is 0 Å². The zero-order chi connectivity index (χ0) is 12.5. The van der Waals surface area contributed by atoms with Crippen LogP contribution in [0.25, 0.3) is 0 Å². The van der Waals surface area contributed by atoms with Crippen LogP contribution in [0, 0.1) is 5.92 Å². The van der Waals surface area contributed by atoms with E-state index in [1.165, 1.54) is 0 Å². The summed E-state index contributed by atoms with van der Waals surface area (Å²) in [6, 6.07) is 0. The molecule has 100 valence electrons. The second-order valence-corrected chi connectivity index (χ2v) is 7.26. The summed E-state index contributed by atoms with van der Waals surface area (Å²) in [6.45, 7) is 4.17. The highest BCUT2D eigenvalue weighted by molar-refractivity contribution is 7.87. The van der Waals surface area contributed by atoms with Crippen LogP contribution in [0.5, 0.6) is 0 Å². The van der Waals surface area contributed by atoms with Crippen LogP contribution < -0.4 is 10.0 Å². The average Bonchev–Trinajstić information content (AvgIpc) is 2.96. The van der Waals surface area contributed by atoms with Gasteiger partial charge in [0.15, 0.2) is 0 Å². The highest BCUT2D eigenvalue weighted by Gasteiger charge is 2.43. The van der Waals surface area contributed by atoms with Gasteiger partial charge in [0.05, 0.1) is 0 Å². The van der Waals surface area contributed by atoms with Gasteiger partial charge in [-0.1, -0.05) is 0 Å². The number of hydrogen-bond acceptors (Lipinski definition) is 3. The second kappa shape index (κ2) is 4.84. The molecular weight excluding hydrogens is 238 g/mol. The van der Waals surface area contributed by atoms with E-state index in [2.05, 4.69) is 10.0 Å². The van der Waals surface area contributed by atoms with Crippen LogP contribution in [-0.2, 0) is 10.2 Å². The minimum atomic E-state index is -3.27. The van der Waals surface area contributed by atoms with Crippen molar-refractivity contribution in [2.24, 2.45) is 5.92 Å². The molecule has 1 atom stereocenters. The van der Waals surface area contributed by atoms with Crippen molar-refractivity contribution in [1.82, 2.24) is 14.3 Å². The highest BCUT2D eigenvalue weighted by Crippen LogP contribution is 2.35. The summed E-state index contributed by atoms with van der Waals surface area (Å²) in [5.74, 6) is 0.442. The Morgan fingerprint density at radius 2 is 2.12 bits per heavy atom. The standard InChI is InChI=1S/C11H23N3O2S/c1-11(5-6-11)13-17(15,16)14-7-3-4-10(9-14)8-12-2/h10,12-13H,3-9H2,1-2H3. The Bertz CT molecular complexity index is 363. The molecule has 0 radical (unpaired) electrons. The van der Waals surface area contributed by atoms with Crippen molar-refractivity contribution in [2.45, 2.75) is 38.1 Å². The van der Waals surface area contributed by atoms with Gasteiger partial charge in [-0.2, -0.15) is 17.4 Å². The van der Waals surface area contributed by atoms with Crippen molar-refractivity contribution in [1.29, 1.82) is 0 Å². The Morgan fingerprint density at radius 1 is 1.41 bits per heavy atom. The minimum Gasteiger partial charge on any atom is -0.319 e. The fourth-order valence-corrected chi connectivity index (χ4v) is 4.10. The zero-order valence-corrected chi connectivity index (χ0v) is 11.5. The molecule has 0 spiro atoms. The Hall–Kier alpha value is -0.170. The van der Waals surface area contributed by atoms with Crippen molar-refractivity contribution in [3.8, 4) is 0 Å². The van der Waals surface area contributed by atoms with Gasteiger partial charge in [0.1, 0.15) is 0 Å². The summed E-state index contributed by atoms with van der Waals surface area (Å²) >= 11 is 0. The van der Waals surface area contributed by atoms with E-state index >= 15 is 0 Å². The lowest BCUT2D eigenvalue weighted by Crippen LogP contribution is -2.50. The predicted octanol–water partition coefficient (Wildman–Crippen LogP) is 0.305. The molecule has 0 aromatic carbocycles. The summed E-state index contributed by atoms with van der Waals surface area (Å²) < 4.78 is 28.8. The quantitative estimate of drug-likeness (QED) is 0.748. The molecule has 2 fully saturated rings. The van der Waals surface area contributed by atoms with Gasteiger partial charge in [0.25, 0.3) is 10.2 Å². The third-order valence-corrected chi connectivity index (χ3v) is 5.45. The van der Waals surface area contributed by atoms with E-state index in [1.807, 2.05) is 14.0 Å². The molecule has 0 bridgehead atoms. The van der Waals surface area contributed by atoms with Crippen LogP contribution in [0.2, 0.25) is 0 Å². The maximum Gasteiger partial charge on any atom is 0.279 e. The van der Waals surface area contributed by atoms with Crippen LogP contribution in [0.3, 0.4) is 0 Å². The fourth-order valence-electron chi connectivity index (χ4n) is 2.37. The number of hydrogen-bond donors (Lipinski definition) is 2. The highest BCUT2D eigenvalue weighted by atomic mass is 32.2. The smallest absolute Gasteiger partial charge is 0.279 e. The molecule has 1 saturated heterocycles. The van der Waals surface area contributed by atoms with Crippen LogP contribution in [0.1, 0.15) is 32.6 Å². The molecule has 2 aliphatic rings. The summed E-state index contributed by atoms with van der Waals surface area (Å²) in [6.07, 6.45) is 3.99. The molecule has 1 aliphatic carbocycles. The molecule has 1 aliphatic heterocycles. The van der Waals surface area contributed by atoms with E-state index in [4.69, 9.17) is 0 Å². The molecule has 1 heterocycles. The lowest BCUT2D eigenvalue weighted by Gasteiger charge is -2.32. The van der Waals surface area contributed by atoms with Gasteiger partial charge >= 0.3 is 0 Å². The molecule has 17 heavy (non-hydrogen) atoms. The van der Waals surface area contributed by atoms with Gasteiger partial charge in [-0.25, -0.2) is 0 Å². The van der Waals surface area contributed by atoms with Crippen molar-refractivity contribution in [2.75, 3.05) is 26.7 Å². The molecule has 5 nitrogen and oxygen atoms in total. The zero-order valence-electron chi connectivity index (χ0n) is 10.7. The van der Waals surface area contributed by atoms with Crippen molar-refractivity contribution < 1.29 is 8.42 Å². The molecule has 1 unspecified atom stereocenters. The Balaban J connectivity index is 1.95. The first-order chi connectivity index (χ1) is 7.95. The van der Waals surface area contributed by atoms with E-state index in [0.29, 0.717) is 19.0 Å². The first-order valence-corrected chi connectivity index (χ1v) is 7.83. The Morgan fingerprint density at radius 3 is 2.71 bits per heavy atom. The van der Waals surface area contributed by atoms with E-state index < -0.39 is 10.2 Å².